The highest BCUT2D eigenvalue weighted by atomic mass is 16.5. The third-order valence-corrected chi connectivity index (χ3v) is 5.80. The zero-order valence-electron chi connectivity index (χ0n) is 15.0. The lowest BCUT2D eigenvalue weighted by atomic mass is 9.99. The minimum absolute atomic E-state index is 0.0119. The molecule has 2 aliphatic rings. The lowest BCUT2D eigenvalue weighted by molar-refractivity contribution is -0.0442. The molecule has 1 saturated carbocycles. The van der Waals surface area contributed by atoms with Crippen molar-refractivity contribution in [2.24, 2.45) is 0 Å². The highest BCUT2D eigenvalue weighted by molar-refractivity contribution is 5.84. The molecule has 2 atom stereocenters. The maximum atomic E-state index is 10.0. The molecule has 0 amide bonds. The number of rotatable bonds is 4. The van der Waals surface area contributed by atoms with Crippen LogP contribution in [0.1, 0.15) is 54.4 Å². The summed E-state index contributed by atoms with van der Waals surface area (Å²) in [7, 11) is 0. The zero-order valence-corrected chi connectivity index (χ0v) is 15.0. The predicted molar refractivity (Wildman–Crippen MR) is 103 cm³/mol. The van der Waals surface area contributed by atoms with Crippen molar-refractivity contribution in [1.29, 1.82) is 0 Å². The molecule has 0 radical (unpaired) electrons. The first-order valence-corrected chi connectivity index (χ1v) is 9.74. The van der Waals surface area contributed by atoms with Crippen molar-refractivity contribution >= 4 is 10.9 Å². The van der Waals surface area contributed by atoms with Gasteiger partial charge in [-0.15, -0.1) is 0 Å². The van der Waals surface area contributed by atoms with E-state index in [-0.39, 0.29) is 12.2 Å². The Morgan fingerprint density at radius 3 is 2.58 bits per heavy atom. The lowest BCUT2D eigenvalue weighted by Crippen LogP contribution is -2.23. The highest BCUT2D eigenvalue weighted by Crippen LogP contribution is 2.40. The molecule has 3 aromatic rings. The summed E-state index contributed by atoms with van der Waals surface area (Å²) in [6, 6.07) is 17.6. The van der Waals surface area contributed by atoms with Crippen LogP contribution in [0, 0.1) is 0 Å². The van der Waals surface area contributed by atoms with E-state index in [9.17, 15) is 5.11 Å². The number of aliphatic hydroxyl groups is 1. The van der Waals surface area contributed by atoms with Crippen LogP contribution in [0.25, 0.3) is 10.9 Å². The molecule has 0 bridgehead atoms. The fourth-order valence-electron chi connectivity index (χ4n) is 4.17. The molecule has 3 nitrogen and oxygen atoms in total. The molecule has 1 aromatic heterocycles. The van der Waals surface area contributed by atoms with Gasteiger partial charge in [-0.1, -0.05) is 42.5 Å². The average molecular weight is 347 g/mol. The highest BCUT2D eigenvalue weighted by Gasteiger charge is 2.26. The van der Waals surface area contributed by atoms with Gasteiger partial charge in [0.15, 0.2) is 0 Å². The number of para-hydroxylation sites is 1. The second-order valence-corrected chi connectivity index (χ2v) is 7.78. The number of aliphatic hydroxyl groups excluding tert-OH is 1. The predicted octanol–water partition coefficient (Wildman–Crippen LogP) is 4.78. The first-order valence-electron chi connectivity index (χ1n) is 9.74. The lowest BCUT2D eigenvalue weighted by Gasteiger charge is -2.26. The van der Waals surface area contributed by atoms with Gasteiger partial charge in [-0.05, 0) is 42.4 Å². The molecule has 134 valence electrons. The van der Waals surface area contributed by atoms with Gasteiger partial charge in [0, 0.05) is 42.2 Å². The van der Waals surface area contributed by atoms with Gasteiger partial charge in [0.2, 0.25) is 0 Å². The van der Waals surface area contributed by atoms with Gasteiger partial charge in [-0.25, -0.2) is 0 Å². The van der Waals surface area contributed by atoms with Crippen LogP contribution < -0.4 is 0 Å². The second kappa shape index (κ2) is 6.57. The van der Waals surface area contributed by atoms with Crippen molar-refractivity contribution < 1.29 is 9.84 Å². The van der Waals surface area contributed by atoms with Crippen LogP contribution in [0.4, 0.5) is 0 Å². The van der Waals surface area contributed by atoms with E-state index in [1.54, 1.807) is 0 Å². The normalized spacial score (nSPS) is 23.4. The maximum Gasteiger partial charge on any atom is 0.0870 e. The number of ether oxygens (including phenoxy) is 1. The van der Waals surface area contributed by atoms with Crippen LogP contribution >= 0.6 is 0 Å². The van der Waals surface area contributed by atoms with Crippen LogP contribution in [0.15, 0.2) is 54.7 Å². The van der Waals surface area contributed by atoms with E-state index >= 15 is 0 Å². The molecule has 1 N–H and O–H groups in total. The smallest absolute Gasteiger partial charge is 0.0870 e. The van der Waals surface area contributed by atoms with Crippen LogP contribution in [0.3, 0.4) is 0 Å². The van der Waals surface area contributed by atoms with Crippen molar-refractivity contribution in [3.63, 3.8) is 0 Å². The number of nitrogens with zero attached hydrogens (tertiary/aromatic N) is 1. The Morgan fingerprint density at radius 2 is 1.81 bits per heavy atom. The Morgan fingerprint density at radius 1 is 1.00 bits per heavy atom. The Labute approximate surface area is 154 Å². The first kappa shape index (κ1) is 16.1. The van der Waals surface area contributed by atoms with E-state index in [2.05, 4.69) is 59.3 Å². The number of hydrogen-bond acceptors (Lipinski definition) is 2. The standard InChI is InChI=1S/C23H25NO2/c25-19-11-12-26-23(13-19)21-15-24(22-4-2-1-3-20(21)22)14-16-5-7-17(8-6-16)18-9-10-18/h1-8,15,18-19,23,25H,9-14H2/t19-,23+/m0/s1. The number of benzene rings is 2. The van der Waals surface area contributed by atoms with E-state index in [4.69, 9.17) is 4.74 Å². The van der Waals surface area contributed by atoms with Crippen molar-refractivity contribution in [3.05, 3.63) is 71.4 Å². The summed E-state index contributed by atoms with van der Waals surface area (Å²) in [6.07, 6.45) is 6.07. The molecular formula is C23H25NO2. The fourth-order valence-corrected chi connectivity index (χ4v) is 4.17. The maximum absolute atomic E-state index is 10.0. The molecule has 1 aliphatic heterocycles. The zero-order chi connectivity index (χ0) is 17.5. The minimum atomic E-state index is -0.258. The van der Waals surface area contributed by atoms with Gasteiger partial charge >= 0.3 is 0 Å². The Kier molecular flexibility index (Phi) is 4.07. The Balaban J connectivity index is 1.47. The molecule has 0 unspecified atom stereocenters. The van der Waals surface area contributed by atoms with Crippen molar-refractivity contribution in [3.8, 4) is 0 Å². The molecule has 2 aromatic carbocycles. The summed E-state index contributed by atoms with van der Waals surface area (Å²) in [5.74, 6) is 0.804. The third kappa shape index (κ3) is 3.06. The van der Waals surface area contributed by atoms with Crippen LogP contribution in [0.5, 0.6) is 0 Å². The quantitative estimate of drug-likeness (QED) is 0.737. The van der Waals surface area contributed by atoms with Crippen molar-refractivity contribution in [2.75, 3.05) is 6.61 Å². The Bertz CT molecular complexity index is 908. The van der Waals surface area contributed by atoms with Gasteiger partial charge in [0.05, 0.1) is 12.2 Å². The molecule has 26 heavy (non-hydrogen) atoms. The van der Waals surface area contributed by atoms with Crippen LogP contribution in [-0.4, -0.2) is 22.4 Å². The summed E-state index contributed by atoms with van der Waals surface area (Å²) in [4.78, 5) is 0. The summed E-state index contributed by atoms with van der Waals surface area (Å²) in [5.41, 5.74) is 5.24. The van der Waals surface area contributed by atoms with Crippen molar-refractivity contribution in [1.82, 2.24) is 4.57 Å². The van der Waals surface area contributed by atoms with Gasteiger partial charge < -0.3 is 14.4 Å². The first-order chi connectivity index (χ1) is 12.8. The van der Waals surface area contributed by atoms with Crippen molar-refractivity contribution in [2.45, 2.75) is 50.4 Å². The van der Waals surface area contributed by atoms with E-state index in [1.807, 2.05) is 0 Å². The summed E-state index contributed by atoms with van der Waals surface area (Å²) < 4.78 is 8.30. The topological polar surface area (TPSA) is 34.4 Å². The van der Waals surface area contributed by atoms with Gasteiger partial charge in [0.25, 0.3) is 0 Å². The molecule has 2 heterocycles. The van der Waals surface area contributed by atoms with E-state index < -0.39 is 0 Å². The summed E-state index contributed by atoms with van der Waals surface area (Å²) in [5, 5.41) is 11.3. The second-order valence-electron chi connectivity index (χ2n) is 7.78. The Hall–Kier alpha value is -2.10. The number of aromatic nitrogens is 1. The fraction of sp³-hybridized carbons (Fsp3) is 0.391. The van der Waals surface area contributed by atoms with Gasteiger partial charge in [0.1, 0.15) is 0 Å². The molecule has 5 rings (SSSR count). The minimum Gasteiger partial charge on any atom is -0.393 e. The van der Waals surface area contributed by atoms with E-state index in [0.717, 1.165) is 18.9 Å². The number of hydrogen-bond donors (Lipinski definition) is 1. The average Bonchev–Trinajstić information content (AvgIpc) is 3.45. The van der Waals surface area contributed by atoms with Crippen LogP contribution in [0.2, 0.25) is 0 Å². The monoisotopic (exact) mass is 347 g/mol. The molecule has 1 aliphatic carbocycles. The molecular weight excluding hydrogens is 322 g/mol. The summed E-state index contributed by atoms with van der Waals surface area (Å²) >= 11 is 0. The number of fused-ring (bicyclic) bond motifs is 1. The van der Waals surface area contributed by atoms with Gasteiger partial charge in [-0.3, -0.25) is 0 Å². The summed E-state index contributed by atoms with van der Waals surface area (Å²) in [6.45, 7) is 1.49. The largest absolute Gasteiger partial charge is 0.393 e. The van der Waals surface area contributed by atoms with Crippen LogP contribution in [-0.2, 0) is 11.3 Å². The SMILES string of the molecule is O[C@H]1CCO[C@@H](c2cn(Cc3ccc(C4CC4)cc3)c3ccccc23)C1. The molecule has 1 saturated heterocycles. The molecule has 0 spiro atoms. The van der Waals surface area contributed by atoms with Gasteiger partial charge in [-0.2, -0.15) is 0 Å². The van der Waals surface area contributed by atoms with E-state index in [0.29, 0.717) is 13.0 Å². The molecule has 2 fully saturated rings. The molecule has 3 heteroatoms. The third-order valence-electron chi connectivity index (χ3n) is 5.80. The van der Waals surface area contributed by atoms with E-state index in [1.165, 1.54) is 40.4 Å².